The molecule has 1 aromatic carbocycles. The fourth-order valence-electron chi connectivity index (χ4n) is 3.22. The van der Waals surface area contributed by atoms with Crippen LogP contribution in [0.4, 0.5) is 5.69 Å². The summed E-state index contributed by atoms with van der Waals surface area (Å²) in [6, 6.07) is 6.72. The number of allylic oxidation sites excluding steroid dienone is 1. The Morgan fingerprint density at radius 3 is 2.75 bits per heavy atom. The largest absolute Gasteiger partial charge is 0.431 e. The van der Waals surface area contributed by atoms with E-state index >= 15 is 0 Å². The maximum absolute atomic E-state index is 12.6. The number of ketones is 1. The van der Waals surface area contributed by atoms with Crippen LogP contribution in [0.25, 0.3) is 0 Å². The molecule has 1 aliphatic carbocycles. The Morgan fingerprint density at radius 2 is 2.04 bits per heavy atom. The molecule has 126 valence electrons. The number of hydrogen-bond donors (Lipinski definition) is 1. The minimum atomic E-state index is -0.816. The monoisotopic (exact) mass is 347 g/mol. The zero-order valence-corrected chi connectivity index (χ0v) is 14.3. The molecule has 3 rings (SSSR count). The number of carbonyl (C=O) groups is 3. The number of hydrogen-bond acceptors (Lipinski definition) is 4. The van der Waals surface area contributed by atoms with Crippen molar-refractivity contribution in [2.75, 3.05) is 5.32 Å². The average molecular weight is 348 g/mol. The fourth-order valence-corrected chi connectivity index (χ4v) is 3.41. The summed E-state index contributed by atoms with van der Waals surface area (Å²) in [5.41, 5.74) is 0.590. The number of carbonyl (C=O) groups excluding carboxylic acids is 3. The van der Waals surface area contributed by atoms with Crippen LogP contribution in [0.15, 0.2) is 35.6 Å². The van der Waals surface area contributed by atoms with E-state index in [1.54, 1.807) is 24.3 Å². The molecule has 0 unspecified atom stereocenters. The summed E-state index contributed by atoms with van der Waals surface area (Å²) in [5.74, 6) is -1.47. The first-order chi connectivity index (χ1) is 11.2. The van der Waals surface area contributed by atoms with Crippen LogP contribution in [0.1, 0.15) is 33.1 Å². The molecular weight excluding hydrogens is 330 g/mol. The third kappa shape index (κ3) is 3.36. The second-order valence-electron chi connectivity index (χ2n) is 7.01. The predicted molar refractivity (Wildman–Crippen MR) is 89.3 cm³/mol. The lowest BCUT2D eigenvalue weighted by atomic mass is 9.72. The average Bonchev–Trinajstić information content (AvgIpc) is 2.44. The van der Waals surface area contributed by atoms with E-state index in [0.717, 1.165) is 0 Å². The molecular formula is C18H18ClNO4. The molecule has 1 aliphatic heterocycles. The Kier molecular flexibility index (Phi) is 4.22. The Labute approximate surface area is 145 Å². The molecule has 0 fully saturated rings. The van der Waals surface area contributed by atoms with E-state index in [9.17, 15) is 14.4 Å². The van der Waals surface area contributed by atoms with Gasteiger partial charge in [0.25, 0.3) is 0 Å². The maximum atomic E-state index is 12.6. The summed E-state index contributed by atoms with van der Waals surface area (Å²) >= 11 is 5.91. The third-order valence-corrected chi connectivity index (χ3v) is 4.48. The van der Waals surface area contributed by atoms with Gasteiger partial charge in [-0.1, -0.05) is 31.5 Å². The number of benzene rings is 1. The molecule has 2 aliphatic rings. The predicted octanol–water partition coefficient (Wildman–Crippen LogP) is 3.48. The van der Waals surface area contributed by atoms with Crippen molar-refractivity contribution in [3.63, 3.8) is 0 Å². The number of ether oxygens (including phenoxy) is 1. The van der Waals surface area contributed by atoms with Gasteiger partial charge in [0.05, 0.1) is 12.3 Å². The van der Waals surface area contributed by atoms with Crippen molar-refractivity contribution in [1.82, 2.24) is 0 Å². The van der Waals surface area contributed by atoms with Gasteiger partial charge in [0.2, 0.25) is 5.91 Å². The highest BCUT2D eigenvalue weighted by Gasteiger charge is 2.44. The van der Waals surface area contributed by atoms with Gasteiger partial charge in [0.1, 0.15) is 5.76 Å². The zero-order chi connectivity index (χ0) is 17.5. The molecule has 1 heterocycles. The number of amides is 1. The van der Waals surface area contributed by atoms with Gasteiger partial charge in [-0.05, 0) is 23.6 Å². The molecule has 5 nitrogen and oxygen atoms in total. The lowest BCUT2D eigenvalue weighted by Crippen LogP contribution is -2.39. The van der Waals surface area contributed by atoms with Crippen LogP contribution >= 0.6 is 11.6 Å². The quantitative estimate of drug-likeness (QED) is 0.831. The van der Waals surface area contributed by atoms with Crippen LogP contribution in [-0.4, -0.2) is 17.7 Å². The van der Waals surface area contributed by atoms with Gasteiger partial charge in [0.15, 0.2) is 5.78 Å². The van der Waals surface area contributed by atoms with Crippen LogP contribution < -0.4 is 5.32 Å². The summed E-state index contributed by atoms with van der Waals surface area (Å²) in [7, 11) is 0. The number of halogens is 1. The Hall–Kier alpha value is -2.14. The van der Waals surface area contributed by atoms with Gasteiger partial charge in [-0.25, -0.2) is 0 Å². The van der Waals surface area contributed by atoms with E-state index in [-0.39, 0.29) is 17.6 Å². The van der Waals surface area contributed by atoms with Crippen molar-refractivity contribution in [2.45, 2.75) is 33.1 Å². The highest BCUT2D eigenvalue weighted by Crippen LogP contribution is 2.42. The molecule has 0 radical (unpaired) electrons. The lowest BCUT2D eigenvalue weighted by molar-refractivity contribution is -0.146. The van der Waals surface area contributed by atoms with Gasteiger partial charge >= 0.3 is 5.97 Å². The number of nitrogens with one attached hydrogen (secondary N) is 1. The van der Waals surface area contributed by atoms with E-state index in [1.807, 2.05) is 13.8 Å². The molecule has 1 amide bonds. The van der Waals surface area contributed by atoms with Gasteiger partial charge in [-0.15, -0.1) is 0 Å². The lowest BCUT2D eigenvalue weighted by Gasteiger charge is -2.36. The molecule has 1 aromatic rings. The number of anilines is 1. The highest BCUT2D eigenvalue weighted by atomic mass is 35.5. The zero-order valence-electron chi connectivity index (χ0n) is 13.5. The summed E-state index contributed by atoms with van der Waals surface area (Å²) in [6.45, 7) is 3.89. The van der Waals surface area contributed by atoms with Crippen LogP contribution in [-0.2, 0) is 19.1 Å². The second kappa shape index (κ2) is 6.06. The molecule has 24 heavy (non-hydrogen) atoms. The third-order valence-electron chi connectivity index (χ3n) is 4.24. The number of rotatable bonds is 2. The SMILES string of the molecule is CC1(C)CC(=O)C2=C(C1)OC(=O)C[C@@H]2C(=O)Nc1cccc(Cl)c1. The Balaban J connectivity index is 1.90. The van der Waals surface area contributed by atoms with Crippen molar-refractivity contribution in [3.05, 3.63) is 40.6 Å². The van der Waals surface area contributed by atoms with Crippen molar-refractivity contribution in [3.8, 4) is 0 Å². The topological polar surface area (TPSA) is 72.5 Å². The van der Waals surface area contributed by atoms with E-state index in [2.05, 4.69) is 5.32 Å². The molecule has 6 heteroatoms. The molecule has 1 atom stereocenters. The molecule has 0 saturated heterocycles. The van der Waals surface area contributed by atoms with E-state index in [1.165, 1.54) is 0 Å². The fraction of sp³-hybridized carbons (Fsp3) is 0.389. The Bertz CT molecular complexity index is 766. The maximum Gasteiger partial charge on any atom is 0.312 e. The van der Waals surface area contributed by atoms with E-state index < -0.39 is 17.8 Å². The van der Waals surface area contributed by atoms with Gasteiger partial charge in [0, 0.05) is 29.1 Å². The molecule has 0 bridgehead atoms. The van der Waals surface area contributed by atoms with E-state index in [4.69, 9.17) is 16.3 Å². The second-order valence-corrected chi connectivity index (χ2v) is 7.44. The first-order valence-corrected chi connectivity index (χ1v) is 8.16. The van der Waals surface area contributed by atoms with Crippen molar-refractivity contribution in [1.29, 1.82) is 0 Å². The van der Waals surface area contributed by atoms with Crippen LogP contribution in [0.5, 0.6) is 0 Å². The van der Waals surface area contributed by atoms with Crippen LogP contribution in [0, 0.1) is 11.3 Å². The Morgan fingerprint density at radius 1 is 1.29 bits per heavy atom. The highest BCUT2D eigenvalue weighted by molar-refractivity contribution is 6.30. The van der Waals surface area contributed by atoms with Crippen molar-refractivity contribution < 1.29 is 19.1 Å². The van der Waals surface area contributed by atoms with Crippen molar-refractivity contribution in [2.24, 2.45) is 11.3 Å². The van der Waals surface area contributed by atoms with Crippen molar-refractivity contribution >= 4 is 34.9 Å². The van der Waals surface area contributed by atoms with Crippen LogP contribution in [0.3, 0.4) is 0 Å². The van der Waals surface area contributed by atoms with E-state index in [0.29, 0.717) is 34.9 Å². The number of esters is 1. The van der Waals surface area contributed by atoms with Gasteiger partial charge in [-0.2, -0.15) is 0 Å². The molecule has 0 spiro atoms. The summed E-state index contributed by atoms with van der Waals surface area (Å²) in [5, 5.41) is 3.22. The first kappa shape index (κ1) is 16.7. The summed E-state index contributed by atoms with van der Waals surface area (Å²) in [6.07, 6.45) is 0.683. The van der Waals surface area contributed by atoms with Gasteiger partial charge in [-0.3, -0.25) is 14.4 Å². The standard InChI is InChI=1S/C18H18ClNO4/c1-18(2)8-13(21)16-12(7-15(22)24-14(16)9-18)17(23)20-11-5-3-4-10(19)6-11/h3-6,12H,7-9H2,1-2H3,(H,20,23)/t12-/m0/s1. The molecule has 0 saturated carbocycles. The minimum absolute atomic E-state index is 0.125. The smallest absolute Gasteiger partial charge is 0.312 e. The summed E-state index contributed by atoms with van der Waals surface area (Å²) in [4.78, 5) is 37.0. The molecule has 1 N–H and O–H groups in total. The first-order valence-electron chi connectivity index (χ1n) is 7.78. The summed E-state index contributed by atoms with van der Waals surface area (Å²) < 4.78 is 5.26. The normalized spacial score (nSPS) is 22.7. The molecule has 0 aromatic heterocycles. The minimum Gasteiger partial charge on any atom is -0.431 e. The number of Topliss-reactive ketones (excluding diaryl/α,β-unsaturated/α-hetero) is 1. The van der Waals surface area contributed by atoms with Crippen LogP contribution in [0.2, 0.25) is 5.02 Å². The van der Waals surface area contributed by atoms with Gasteiger partial charge < -0.3 is 10.1 Å².